The van der Waals surface area contributed by atoms with Gasteiger partial charge in [-0.2, -0.15) is 0 Å². The number of hydrogen-bond acceptors (Lipinski definition) is 2. The van der Waals surface area contributed by atoms with Gasteiger partial charge in [0, 0.05) is 19.2 Å². The molecule has 0 aliphatic heterocycles. The van der Waals surface area contributed by atoms with Crippen LogP contribution in [0.1, 0.15) is 28.8 Å². The van der Waals surface area contributed by atoms with Crippen LogP contribution in [0.5, 0.6) is 0 Å². The lowest BCUT2D eigenvalue weighted by atomic mass is 9.85. The second-order valence-corrected chi connectivity index (χ2v) is 5.21. The van der Waals surface area contributed by atoms with Crippen molar-refractivity contribution in [1.82, 2.24) is 4.98 Å². The third kappa shape index (κ3) is 3.07. The van der Waals surface area contributed by atoms with Crippen LogP contribution in [-0.2, 0) is 4.74 Å². The van der Waals surface area contributed by atoms with Crippen LogP contribution in [0.4, 0.5) is 0 Å². The largest absolute Gasteiger partial charge is 0.374 e. The van der Waals surface area contributed by atoms with Crippen LogP contribution in [0.3, 0.4) is 0 Å². The van der Waals surface area contributed by atoms with Gasteiger partial charge < -0.3 is 4.74 Å². The summed E-state index contributed by atoms with van der Waals surface area (Å²) in [5, 5.41) is 0. The molecule has 0 aliphatic rings. The van der Waals surface area contributed by atoms with Crippen molar-refractivity contribution >= 4 is 0 Å². The molecule has 0 radical (unpaired) electrons. The van der Waals surface area contributed by atoms with E-state index in [1.807, 2.05) is 36.5 Å². The predicted molar refractivity (Wildman–Crippen MR) is 88.7 cm³/mol. The average Bonchev–Trinajstić information content (AvgIpc) is 2.62. The van der Waals surface area contributed by atoms with Crippen molar-refractivity contribution in [2.45, 2.75) is 12.0 Å². The maximum Gasteiger partial charge on any atom is 0.110 e. The highest BCUT2D eigenvalue weighted by Crippen LogP contribution is 2.37. The molecular weight excluding hydrogens is 270 g/mol. The van der Waals surface area contributed by atoms with E-state index in [-0.39, 0.29) is 12.0 Å². The molecule has 2 aromatic carbocycles. The number of hydrogen-bond donors (Lipinski definition) is 0. The Balaban J connectivity index is 2.09. The monoisotopic (exact) mass is 289 g/mol. The van der Waals surface area contributed by atoms with Crippen molar-refractivity contribution in [1.29, 1.82) is 0 Å². The molecule has 0 spiro atoms. The van der Waals surface area contributed by atoms with Crippen LogP contribution < -0.4 is 0 Å². The molecule has 22 heavy (non-hydrogen) atoms. The molecule has 0 saturated heterocycles. The molecule has 3 aromatic rings. The van der Waals surface area contributed by atoms with Gasteiger partial charge in [-0.15, -0.1) is 0 Å². The summed E-state index contributed by atoms with van der Waals surface area (Å²) >= 11 is 0. The number of rotatable bonds is 5. The summed E-state index contributed by atoms with van der Waals surface area (Å²) in [6, 6.07) is 26.9. The fourth-order valence-corrected chi connectivity index (χ4v) is 2.83. The van der Waals surface area contributed by atoms with Crippen LogP contribution in [0.15, 0.2) is 85.1 Å². The van der Waals surface area contributed by atoms with Gasteiger partial charge in [0.15, 0.2) is 0 Å². The summed E-state index contributed by atoms with van der Waals surface area (Å²) in [5.41, 5.74) is 3.40. The average molecular weight is 289 g/mol. The Kier molecular flexibility index (Phi) is 4.62. The molecule has 0 fully saturated rings. The van der Waals surface area contributed by atoms with Crippen molar-refractivity contribution in [3.05, 3.63) is 102 Å². The number of aromatic nitrogens is 1. The molecule has 1 heterocycles. The Morgan fingerprint density at radius 3 is 1.73 bits per heavy atom. The summed E-state index contributed by atoms with van der Waals surface area (Å²) in [4.78, 5) is 4.50. The first-order valence-corrected chi connectivity index (χ1v) is 7.44. The molecule has 1 unspecified atom stereocenters. The predicted octanol–water partition coefficient (Wildman–Crippen LogP) is 4.60. The van der Waals surface area contributed by atoms with E-state index < -0.39 is 0 Å². The van der Waals surface area contributed by atoms with Crippen LogP contribution in [-0.4, -0.2) is 12.1 Å². The molecule has 110 valence electrons. The van der Waals surface area contributed by atoms with Gasteiger partial charge >= 0.3 is 0 Å². The Morgan fingerprint density at radius 2 is 1.27 bits per heavy atom. The Labute approximate surface area is 131 Å². The van der Waals surface area contributed by atoms with E-state index in [9.17, 15) is 0 Å². The minimum atomic E-state index is -0.119. The summed E-state index contributed by atoms with van der Waals surface area (Å²) in [6.45, 7) is 0. The Morgan fingerprint density at radius 1 is 0.727 bits per heavy atom. The smallest absolute Gasteiger partial charge is 0.110 e. The first-order chi connectivity index (χ1) is 10.9. The number of nitrogens with zero attached hydrogens (tertiary/aromatic N) is 1. The van der Waals surface area contributed by atoms with E-state index in [0.29, 0.717) is 0 Å². The summed E-state index contributed by atoms with van der Waals surface area (Å²) in [7, 11) is 1.75. The molecule has 0 bridgehead atoms. The van der Waals surface area contributed by atoms with E-state index >= 15 is 0 Å². The van der Waals surface area contributed by atoms with Crippen LogP contribution in [0.25, 0.3) is 0 Å². The minimum Gasteiger partial charge on any atom is -0.374 e. The zero-order chi connectivity index (χ0) is 15.2. The summed E-state index contributed by atoms with van der Waals surface area (Å²) in [6.07, 6.45) is 1.69. The molecule has 1 atom stereocenters. The summed E-state index contributed by atoms with van der Waals surface area (Å²) in [5.74, 6) is 0.113. The normalized spacial score (nSPS) is 12.3. The van der Waals surface area contributed by atoms with E-state index in [1.165, 1.54) is 11.1 Å². The van der Waals surface area contributed by atoms with E-state index in [0.717, 1.165) is 5.69 Å². The van der Waals surface area contributed by atoms with Crippen molar-refractivity contribution in [3.63, 3.8) is 0 Å². The molecule has 0 N–H and O–H groups in total. The molecule has 2 heteroatoms. The first kappa shape index (κ1) is 14.5. The first-order valence-electron chi connectivity index (χ1n) is 7.44. The molecule has 0 amide bonds. The lowest BCUT2D eigenvalue weighted by Crippen LogP contribution is -2.16. The summed E-state index contributed by atoms with van der Waals surface area (Å²) < 4.78 is 5.84. The zero-order valence-corrected chi connectivity index (χ0v) is 12.6. The van der Waals surface area contributed by atoms with Crippen molar-refractivity contribution in [2.24, 2.45) is 0 Å². The van der Waals surface area contributed by atoms with E-state index in [2.05, 4.69) is 53.5 Å². The molecule has 2 nitrogen and oxygen atoms in total. The maximum atomic E-state index is 5.84. The van der Waals surface area contributed by atoms with Gasteiger partial charge in [-0.1, -0.05) is 66.7 Å². The number of benzene rings is 2. The highest BCUT2D eigenvalue weighted by atomic mass is 16.5. The van der Waals surface area contributed by atoms with Crippen molar-refractivity contribution in [3.8, 4) is 0 Å². The van der Waals surface area contributed by atoms with Crippen molar-refractivity contribution in [2.75, 3.05) is 7.11 Å². The minimum absolute atomic E-state index is 0.113. The Bertz CT molecular complexity index is 643. The van der Waals surface area contributed by atoms with E-state index in [4.69, 9.17) is 4.74 Å². The third-order valence-electron chi connectivity index (χ3n) is 3.85. The van der Waals surface area contributed by atoms with Crippen LogP contribution >= 0.6 is 0 Å². The van der Waals surface area contributed by atoms with Gasteiger partial charge in [-0.25, -0.2) is 0 Å². The zero-order valence-electron chi connectivity index (χ0n) is 12.6. The molecule has 1 aromatic heterocycles. The van der Waals surface area contributed by atoms with Crippen molar-refractivity contribution < 1.29 is 4.74 Å². The second-order valence-electron chi connectivity index (χ2n) is 5.21. The highest BCUT2D eigenvalue weighted by molar-refractivity contribution is 5.35. The van der Waals surface area contributed by atoms with Crippen LogP contribution in [0.2, 0.25) is 0 Å². The molecular formula is C20H19NO. The van der Waals surface area contributed by atoms with Gasteiger partial charge in [-0.3, -0.25) is 4.98 Å². The van der Waals surface area contributed by atoms with Gasteiger partial charge in [0.1, 0.15) is 6.10 Å². The van der Waals surface area contributed by atoms with E-state index in [1.54, 1.807) is 7.11 Å². The lowest BCUT2D eigenvalue weighted by Gasteiger charge is -2.26. The van der Waals surface area contributed by atoms with Gasteiger partial charge in [0.25, 0.3) is 0 Å². The molecule has 0 aliphatic carbocycles. The molecule has 3 rings (SSSR count). The maximum absolute atomic E-state index is 5.84. The number of ether oxygens (including phenoxy) is 1. The van der Waals surface area contributed by atoms with Gasteiger partial charge in [0.05, 0.1) is 5.69 Å². The quantitative estimate of drug-likeness (QED) is 0.684. The van der Waals surface area contributed by atoms with Crippen LogP contribution in [0, 0.1) is 0 Å². The standard InChI is InChI=1S/C20H19NO/c1-22-20(18-14-8-9-15-21-18)19(16-10-4-2-5-11-16)17-12-6-3-7-13-17/h2-15,19-20H,1H3. The Hall–Kier alpha value is -2.45. The fraction of sp³-hybridized carbons (Fsp3) is 0.150. The lowest BCUT2D eigenvalue weighted by molar-refractivity contribution is 0.0856. The van der Waals surface area contributed by atoms with Gasteiger partial charge in [-0.05, 0) is 23.3 Å². The SMILES string of the molecule is COC(c1ccccn1)C(c1ccccc1)c1ccccc1. The second kappa shape index (κ2) is 7.01. The third-order valence-corrected chi connectivity index (χ3v) is 3.85. The molecule has 0 saturated carbocycles. The number of methoxy groups -OCH3 is 1. The topological polar surface area (TPSA) is 22.1 Å². The fourth-order valence-electron chi connectivity index (χ4n) is 2.83. The highest BCUT2D eigenvalue weighted by Gasteiger charge is 2.27. The van der Waals surface area contributed by atoms with Gasteiger partial charge in [0.2, 0.25) is 0 Å². The number of pyridine rings is 1.